The Balaban J connectivity index is 1.66. The molecule has 0 spiro atoms. The molecule has 2 aliphatic rings. The molecule has 3 rings (SSSR count). The third kappa shape index (κ3) is 2.98. The quantitative estimate of drug-likeness (QED) is 0.817. The van der Waals surface area contributed by atoms with Gasteiger partial charge in [0.2, 0.25) is 0 Å². The van der Waals surface area contributed by atoms with E-state index in [2.05, 4.69) is 35.1 Å². The Morgan fingerprint density at radius 1 is 1.15 bits per heavy atom. The van der Waals surface area contributed by atoms with Crippen LogP contribution in [0.4, 0.5) is 5.82 Å². The van der Waals surface area contributed by atoms with E-state index in [1.165, 1.54) is 76.1 Å². The van der Waals surface area contributed by atoms with Gasteiger partial charge in [0.15, 0.2) is 0 Å². The first-order valence-corrected chi connectivity index (χ1v) is 8.33. The minimum Gasteiger partial charge on any atom is -0.357 e. The van der Waals surface area contributed by atoms with Crippen LogP contribution in [0, 0.1) is 0 Å². The molecule has 20 heavy (non-hydrogen) atoms. The zero-order valence-electron chi connectivity index (χ0n) is 12.7. The number of aromatic nitrogens is 1. The fourth-order valence-electron chi connectivity index (χ4n) is 3.56. The van der Waals surface area contributed by atoms with Gasteiger partial charge in [-0.1, -0.05) is 19.4 Å². The Morgan fingerprint density at radius 3 is 2.70 bits per heavy atom. The number of unbranched alkanes of at least 4 members (excludes halogenated alkanes) is 1. The first-order valence-electron chi connectivity index (χ1n) is 8.33. The van der Waals surface area contributed by atoms with E-state index < -0.39 is 0 Å². The van der Waals surface area contributed by atoms with Crippen LogP contribution in [0.2, 0.25) is 0 Å². The summed E-state index contributed by atoms with van der Waals surface area (Å²) < 4.78 is 0. The minimum atomic E-state index is 0.613. The predicted octanol–water partition coefficient (Wildman–Crippen LogP) is 3.62. The number of hydrogen-bond acceptors (Lipinski definition) is 3. The van der Waals surface area contributed by atoms with Crippen molar-refractivity contribution in [3.8, 4) is 0 Å². The molecule has 0 N–H and O–H groups in total. The molecule has 2 aliphatic heterocycles. The molecule has 1 aromatic rings. The van der Waals surface area contributed by atoms with Gasteiger partial charge in [-0.25, -0.2) is 4.98 Å². The summed E-state index contributed by atoms with van der Waals surface area (Å²) in [5.41, 5.74) is 1.42. The van der Waals surface area contributed by atoms with Gasteiger partial charge in [0.25, 0.3) is 0 Å². The van der Waals surface area contributed by atoms with Gasteiger partial charge in [-0.15, -0.1) is 0 Å². The number of rotatable bonds is 5. The van der Waals surface area contributed by atoms with Crippen LogP contribution in [-0.2, 0) is 0 Å². The number of anilines is 1. The Morgan fingerprint density at radius 2 is 2.00 bits per heavy atom. The summed E-state index contributed by atoms with van der Waals surface area (Å²) in [5, 5.41) is 0. The van der Waals surface area contributed by atoms with Crippen LogP contribution in [0.1, 0.15) is 57.1 Å². The predicted molar refractivity (Wildman–Crippen MR) is 84.1 cm³/mol. The van der Waals surface area contributed by atoms with E-state index in [1.54, 1.807) is 0 Å². The first kappa shape index (κ1) is 13.9. The molecule has 1 aromatic heterocycles. The molecule has 3 heteroatoms. The van der Waals surface area contributed by atoms with Crippen LogP contribution >= 0.6 is 0 Å². The summed E-state index contributed by atoms with van der Waals surface area (Å²) >= 11 is 0. The van der Waals surface area contributed by atoms with Crippen molar-refractivity contribution in [2.24, 2.45) is 0 Å². The molecule has 0 amide bonds. The van der Waals surface area contributed by atoms with Crippen LogP contribution in [0.25, 0.3) is 0 Å². The number of likely N-dealkylation sites (tertiary alicyclic amines) is 1. The van der Waals surface area contributed by atoms with Crippen LogP contribution in [0.5, 0.6) is 0 Å². The zero-order valence-corrected chi connectivity index (χ0v) is 12.7. The number of pyridine rings is 1. The molecule has 0 aromatic carbocycles. The Hall–Kier alpha value is -1.09. The third-order valence-electron chi connectivity index (χ3n) is 4.75. The van der Waals surface area contributed by atoms with Gasteiger partial charge in [0.05, 0.1) is 0 Å². The molecule has 1 unspecified atom stereocenters. The van der Waals surface area contributed by atoms with E-state index in [1.807, 2.05) is 0 Å². The second-order valence-electron chi connectivity index (χ2n) is 6.19. The first-order chi connectivity index (χ1) is 9.88. The Kier molecular flexibility index (Phi) is 4.56. The van der Waals surface area contributed by atoms with Crippen molar-refractivity contribution in [3.05, 3.63) is 23.9 Å². The smallest absolute Gasteiger partial charge is 0.128 e. The second kappa shape index (κ2) is 6.57. The van der Waals surface area contributed by atoms with E-state index in [4.69, 9.17) is 4.98 Å². The molecule has 3 heterocycles. The largest absolute Gasteiger partial charge is 0.357 e. The van der Waals surface area contributed by atoms with E-state index in [0.717, 1.165) is 0 Å². The Labute approximate surface area is 123 Å². The standard InChI is InChI=1S/C17H27N3/c1-2-3-10-19-13-6-7-16(19)15-8-9-17(18-14-15)20-11-4-5-12-20/h8-9,14,16H,2-7,10-13H2,1H3. The van der Waals surface area contributed by atoms with Gasteiger partial charge in [0, 0.05) is 25.3 Å². The summed E-state index contributed by atoms with van der Waals surface area (Å²) in [6.45, 7) is 7.14. The second-order valence-corrected chi connectivity index (χ2v) is 6.19. The highest BCUT2D eigenvalue weighted by Crippen LogP contribution is 2.32. The van der Waals surface area contributed by atoms with Crippen LogP contribution in [0.15, 0.2) is 18.3 Å². The Bertz CT molecular complexity index is 409. The van der Waals surface area contributed by atoms with Crippen molar-refractivity contribution < 1.29 is 0 Å². The summed E-state index contributed by atoms with van der Waals surface area (Å²) in [7, 11) is 0. The monoisotopic (exact) mass is 273 g/mol. The van der Waals surface area contributed by atoms with Crippen molar-refractivity contribution in [2.75, 3.05) is 31.1 Å². The van der Waals surface area contributed by atoms with E-state index in [0.29, 0.717) is 6.04 Å². The van der Waals surface area contributed by atoms with Gasteiger partial charge in [0.1, 0.15) is 5.82 Å². The molecule has 0 aliphatic carbocycles. The van der Waals surface area contributed by atoms with Crippen molar-refractivity contribution in [1.82, 2.24) is 9.88 Å². The maximum atomic E-state index is 4.72. The van der Waals surface area contributed by atoms with Gasteiger partial charge >= 0.3 is 0 Å². The van der Waals surface area contributed by atoms with Crippen LogP contribution < -0.4 is 4.90 Å². The molecule has 0 radical (unpaired) electrons. The molecular weight excluding hydrogens is 246 g/mol. The molecule has 0 saturated carbocycles. The van der Waals surface area contributed by atoms with Crippen molar-refractivity contribution in [1.29, 1.82) is 0 Å². The topological polar surface area (TPSA) is 19.4 Å². The fourth-order valence-corrected chi connectivity index (χ4v) is 3.56. The summed E-state index contributed by atoms with van der Waals surface area (Å²) in [4.78, 5) is 9.78. The minimum absolute atomic E-state index is 0.613. The SMILES string of the molecule is CCCCN1CCCC1c1ccc(N2CCCC2)nc1. The van der Waals surface area contributed by atoms with Crippen LogP contribution in [-0.4, -0.2) is 36.1 Å². The lowest BCUT2D eigenvalue weighted by Crippen LogP contribution is -2.24. The van der Waals surface area contributed by atoms with Crippen molar-refractivity contribution in [2.45, 2.75) is 51.5 Å². The highest BCUT2D eigenvalue weighted by atomic mass is 15.2. The van der Waals surface area contributed by atoms with Gasteiger partial charge in [-0.3, -0.25) is 4.90 Å². The molecule has 110 valence electrons. The zero-order chi connectivity index (χ0) is 13.8. The molecule has 2 fully saturated rings. The average molecular weight is 273 g/mol. The molecule has 1 atom stereocenters. The summed E-state index contributed by atoms with van der Waals surface area (Å²) in [6, 6.07) is 5.16. The fraction of sp³-hybridized carbons (Fsp3) is 0.706. The maximum absolute atomic E-state index is 4.72. The van der Waals surface area contributed by atoms with Crippen LogP contribution in [0.3, 0.4) is 0 Å². The lowest BCUT2D eigenvalue weighted by atomic mass is 10.1. The average Bonchev–Trinajstić information content (AvgIpc) is 3.16. The highest BCUT2D eigenvalue weighted by Gasteiger charge is 2.25. The normalized spacial score (nSPS) is 23.6. The van der Waals surface area contributed by atoms with E-state index in [9.17, 15) is 0 Å². The van der Waals surface area contributed by atoms with Gasteiger partial charge < -0.3 is 4.90 Å². The van der Waals surface area contributed by atoms with E-state index >= 15 is 0 Å². The lowest BCUT2D eigenvalue weighted by Gasteiger charge is -2.25. The maximum Gasteiger partial charge on any atom is 0.128 e. The molecular formula is C17H27N3. The van der Waals surface area contributed by atoms with Crippen molar-refractivity contribution >= 4 is 5.82 Å². The molecule has 0 bridgehead atoms. The number of nitrogens with zero attached hydrogens (tertiary/aromatic N) is 3. The van der Waals surface area contributed by atoms with Gasteiger partial charge in [-0.05, 0) is 56.8 Å². The van der Waals surface area contributed by atoms with E-state index in [-0.39, 0.29) is 0 Å². The van der Waals surface area contributed by atoms with Crippen molar-refractivity contribution in [3.63, 3.8) is 0 Å². The van der Waals surface area contributed by atoms with Gasteiger partial charge in [-0.2, -0.15) is 0 Å². The lowest BCUT2D eigenvalue weighted by molar-refractivity contribution is 0.253. The number of hydrogen-bond donors (Lipinski definition) is 0. The highest BCUT2D eigenvalue weighted by molar-refractivity contribution is 5.40. The summed E-state index contributed by atoms with van der Waals surface area (Å²) in [5.74, 6) is 1.17. The summed E-state index contributed by atoms with van der Waals surface area (Å²) in [6.07, 6.45) is 10.00. The molecule has 2 saturated heterocycles. The third-order valence-corrected chi connectivity index (χ3v) is 4.75. The molecule has 3 nitrogen and oxygen atoms in total.